The second-order valence-electron chi connectivity index (χ2n) is 5.80. The van der Waals surface area contributed by atoms with Crippen LogP contribution in [0.1, 0.15) is 10.4 Å². The molecule has 26 heavy (non-hydrogen) atoms. The molecule has 3 aromatic rings. The number of ether oxygens (including phenoxy) is 3. The van der Waals surface area contributed by atoms with Gasteiger partial charge in [-0.25, -0.2) is 0 Å². The fourth-order valence-corrected chi connectivity index (χ4v) is 3.60. The summed E-state index contributed by atoms with van der Waals surface area (Å²) in [6.07, 6.45) is 2.54. The Morgan fingerprint density at radius 3 is 2.81 bits per heavy atom. The van der Waals surface area contributed by atoms with Gasteiger partial charge < -0.3 is 18.8 Å². The Hall–Kier alpha value is -2.44. The van der Waals surface area contributed by atoms with Gasteiger partial charge in [-0.3, -0.25) is 4.79 Å². The molecule has 0 bridgehead atoms. The van der Waals surface area contributed by atoms with Crippen LogP contribution in [0.4, 0.5) is 0 Å². The van der Waals surface area contributed by atoms with Crippen LogP contribution in [0, 0.1) is 0 Å². The smallest absolute Gasteiger partial charge is 0.254 e. The highest BCUT2D eigenvalue weighted by molar-refractivity contribution is 7.09. The van der Waals surface area contributed by atoms with E-state index in [9.17, 15) is 4.79 Å². The Bertz CT molecular complexity index is 968. The predicted octanol–water partition coefficient (Wildman–Crippen LogP) is 3.96. The summed E-state index contributed by atoms with van der Waals surface area (Å²) < 4.78 is 17.9. The van der Waals surface area contributed by atoms with Crippen molar-refractivity contribution in [3.05, 3.63) is 73.8 Å². The van der Waals surface area contributed by atoms with Crippen LogP contribution in [0.3, 0.4) is 0 Å². The Morgan fingerprint density at radius 2 is 2.04 bits per heavy atom. The van der Waals surface area contributed by atoms with E-state index >= 15 is 0 Å². The molecule has 1 aliphatic rings. The Morgan fingerprint density at radius 1 is 1.19 bits per heavy atom. The van der Waals surface area contributed by atoms with Gasteiger partial charge >= 0.3 is 0 Å². The van der Waals surface area contributed by atoms with Crippen LogP contribution < -0.4 is 19.8 Å². The second kappa shape index (κ2) is 7.43. The SMILES string of the molecule is O=c1cc(OCCc2cccs2)ccn1Cc1cc2c(cc1Cl)OCO2. The van der Waals surface area contributed by atoms with Crippen LogP contribution in [-0.2, 0) is 13.0 Å². The van der Waals surface area contributed by atoms with Gasteiger partial charge in [0.15, 0.2) is 11.5 Å². The summed E-state index contributed by atoms with van der Waals surface area (Å²) in [4.78, 5) is 13.6. The van der Waals surface area contributed by atoms with Crippen molar-refractivity contribution in [3.8, 4) is 17.2 Å². The van der Waals surface area contributed by atoms with Crippen molar-refractivity contribution in [2.75, 3.05) is 13.4 Å². The lowest BCUT2D eigenvalue weighted by atomic mass is 10.2. The number of hydrogen-bond donors (Lipinski definition) is 0. The van der Waals surface area contributed by atoms with E-state index in [2.05, 4.69) is 6.07 Å². The maximum Gasteiger partial charge on any atom is 0.254 e. The molecule has 0 fully saturated rings. The number of hydrogen-bond acceptors (Lipinski definition) is 5. The van der Waals surface area contributed by atoms with Gasteiger partial charge in [0.2, 0.25) is 6.79 Å². The molecule has 7 heteroatoms. The summed E-state index contributed by atoms with van der Waals surface area (Å²) in [6.45, 7) is 1.08. The Balaban J connectivity index is 1.44. The summed E-state index contributed by atoms with van der Waals surface area (Å²) in [6, 6.07) is 10.9. The molecule has 0 atom stereocenters. The third-order valence-corrected chi connectivity index (χ3v) is 5.34. The first-order chi connectivity index (χ1) is 12.7. The van der Waals surface area contributed by atoms with Crippen molar-refractivity contribution in [1.82, 2.24) is 4.57 Å². The molecule has 1 aliphatic heterocycles. The molecule has 0 unspecified atom stereocenters. The first kappa shape index (κ1) is 17.0. The maximum atomic E-state index is 12.4. The van der Waals surface area contributed by atoms with Crippen molar-refractivity contribution >= 4 is 22.9 Å². The first-order valence-electron chi connectivity index (χ1n) is 8.13. The summed E-state index contributed by atoms with van der Waals surface area (Å²) >= 11 is 7.98. The highest BCUT2D eigenvalue weighted by atomic mass is 35.5. The number of benzene rings is 1. The molecular formula is C19H16ClNO4S. The molecule has 3 heterocycles. The third-order valence-electron chi connectivity index (χ3n) is 4.05. The van der Waals surface area contributed by atoms with Crippen LogP contribution >= 0.6 is 22.9 Å². The number of aromatic nitrogens is 1. The van der Waals surface area contributed by atoms with Gasteiger partial charge in [-0.1, -0.05) is 17.7 Å². The fourth-order valence-electron chi connectivity index (χ4n) is 2.70. The van der Waals surface area contributed by atoms with Crippen LogP contribution in [-0.4, -0.2) is 18.0 Å². The number of halogens is 1. The number of nitrogens with zero attached hydrogens (tertiary/aromatic N) is 1. The van der Waals surface area contributed by atoms with E-state index in [4.69, 9.17) is 25.8 Å². The summed E-state index contributed by atoms with van der Waals surface area (Å²) in [5.74, 6) is 1.84. The van der Waals surface area contributed by atoms with Crippen molar-refractivity contribution < 1.29 is 14.2 Å². The molecule has 5 nitrogen and oxygen atoms in total. The van der Waals surface area contributed by atoms with E-state index in [1.165, 1.54) is 10.9 Å². The predicted molar refractivity (Wildman–Crippen MR) is 101 cm³/mol. The lowest BCUT2D eigenvalue weighted by Crippen LogP contribution is -2.19. The normalized spacial score (nSPS) is 12.3. The van der Waals surface area contributed by atoms with Crippen molar-refractivity contribution in [2.24, 2.45) is 0 Å². The average Bonchev–Trinajstić information content (AvgIpc) is 3.29. The van der Waals surface area contributed by atoms with Gasteiger partial charge in [0.1, 0.15) is 5.75 Å². The largest absolute Gasteiger partial charge is 0.493 e. The van der Waals surface area contributed by atoms with Crippen molar-refractivity contribution in [1.29, 1.82) is 0 Å². The highest BCUT2D eigenvalue weighted by Gasteiger charge is 2.17. The Labute approximate surface area is 159 Å². The monoisotopic (exact) mass is 389 g/mol. The standard InChI is InChI=1S/C19H16ClNO4S/c20-16-10-18-17(24-12-25-18)8-13(16)11-21-5-3-14(9-19(21)22)23-6-4-15-2-1-7-26-15/h1-3,5,7-10H,4,6,11-12H2. The van der Waals surface area contributed by atoms with Crippen molar-refractivity contribution in [2.45, 2.75) is 13.0 Å². The van der Waals surface area contributed by atoms with Gasteiger partial charge in [-0.05, 0) is 29.1 Å². The molecular weight excluding hydrogens is 374 g/mol. The quantitative estimate of drug-likeness (QED) is 0.640. The fraction of sp³-hybridized carbons (Fsp3) is 0.211. The summed E-state index contributed by atoms with van der Waals surface area (Å²) in [5, 5.41) is 2.58. The highest BCUT2D eigenvalue weighted by Crippen LogP contribution is 2.36. The van der Waals surface area contributed by atoms with Crippen molar-refractivity contribution in [3.63, 3.8) is 0 Å². The number of pyridine rings is 1. The molecule has 1 aromatic carbocycles. The van der Waals surface area contributed by atoms with Crippen LogP contribution in [0.25, 0.3) is 0 Å². The number of thiophene rings is 1. The molecule has 134 valence electrons. The van der Waals surface area contributed by atoms with Gasteiger partial charge in [0, 0.05) is 34.7 Å². The molecule has 0 aliphatic carbocycles. The first-order valence-corrected chi connectivity index (χ1v) is 9.38. The summed E-state index contributed by atoms with van der Waals surface area (Å²) in [7, 11) is 0. The summed E-state index contributed by atoms with van der Waals surface area (Å²) in [5.41, 5.74) is 0.650. The van der Waals surface area contributed by atoms with E-state index in [0.29, 0.717) is 35.4 Å². The zero-order chi connectivity index (χ0) is 17.9. The maximum absolute atomic E-state index is 12.4. The molecule has 2 aromatic heterocycles. The van der Waals surface area contributed by atoms with Gasteiger partial charge in [-0.15, -0.1) is 11.3 Å². The van der Waals surface area contributed by atoms with Crippen LogP contribution in [0.15, 0.2) is 52.8 Å². The van der Waals surface area contributed by atoms with Crippen LogP contribution in [0.2, 0.25) is 5.02 Å². The molecule has 0 saturated carbocycles. The Kier molecular flexibility index (Phi) is 4.86. The molecule has 0 spiro atoms. The molecule has 0 radical (unpaired) electrons. The zero-order valence-electron chi connectivity index (χ0n) is 13.8. The number of rotatable bonds is 6. The lowest BCUT2D eigenvalue weighted by molar-refractivity contribution is 0.174. The third kappa shape index (κ3) is 3.71. The minimum Gasteiger partial charge on any atom is -0.493 e. The topological polar surface area (TPSA) is 49.7 Å². The minimum atomic E-state index is -0.146. The number of fused-ring (bicyclic) bond motifs is 1. The molecule has 0 saturated heterocycles. The molecule has 0 N–H and O–H groups in total. The van der Waals surface area contributed by atoms with E-state index in [1.807, 2.05) is 17.5 Å². The van der Waals surface area contributed by atoms with E-state index in [1.54, 1.807) is 34.2 Å². The van der Waals surface area contributed by atoms with Gasteiger partial charge in [-0.2, -0.15) is 0 Å². The minimum absolute atomic E-state index is 0.146. The molecule has 4 rings (SSSR count). The lowest BCUT2D eigenvalue weighted by Gasteiger charge is -2.10. The molecule has 0 amide bonds. The second-order valence-corrected chi connectivity index (χ2v) is 7.24. The van der Waals surface area contributed by atoms with E-state index < -0.39 is 0 Å². The van der Waals surface area contributed by atoms with Crippen LogP contribution in [0.5, 0.6) is 17.2 Å². The van der Waals surface area contributed by atoms with E-state index in [-0.39, 0.29) is 12.4 Å². The zero-order valence-corrected chi connectivity index (χ0v) is 15.4. The van der Waals surface area contributed by atoms with Gasteiger partial charge in [0.25, 0.3) is 5.56 Å². The van der Waals surface area contributed by atoms with Gasteiger partial charge in [0.05, 0.1) is 13.2 Å². The average molecular weight is 390 g/mol. The van der Waals surface area contributed by atoms with E-state index in [0.717, 1.165) is 12.0 Å².